The highest BCUT2D eigenvalue weighted by Crippen LogP contribution is 2.20. The average molecular weight is 366 g/mol. The number of amides is 2. The van der Waals surface area contributed by atoms with Crippen molar-refractivity contribution in [3.8, 4) is 0 Å². The van der Waals surface area contributed by atoms with Gasteiger partial charge in [-0.1, -0.05) is 17.7 Å². The standard InChI is InChI=1S/C19H27N3O2.ClH/c1-14-4-6-15(7-5-14)19(24)22-12-2-3-16(13-22)18(23)21-17-8-10-20-11-9-17;/h4-7,16-17,20H,2-3,8-13H2,1H3,(H,21,23);1H. The van der Waals surface area contributed by atoms with E-state index in [2.05, 4.69) is 10.6 Å². The van der Waals surface area contributed by atoms with Crippen molar-refractivity contribution in [3.63, 3.8) is 0 Å². The van der Waals surface area contributed by atoms with Gasteiger partial charge in [0.1, 0.15) is 0 Å². The molecule has 138 valence electrons. The second-order valence-electron chi connectivity index (χ2n) is 6.99. The molecule has 25 heavy (non-hydrogen) atoms. The SMILES string of the molecule is Cc1ccc(C(=O)N2CCCC(C(=O)NC3CCNCC3)C2)cc1.Cl. The van der Waals surface area contributed by atoms with Crippen LogP contribution in [-0.4, -0.2) is 48.9 Å². The maximum absolute atomic E-state index is 12.7. The Balaban J connectivity index is 0.00000225. The molecule has 2 N–H and O–H groups in total. The molecular weight excluding hydrogens is 338 g/mol. The van der Waals surface area contributed by atoms with E-state index >= 15 is 0 Å². The van der Waals surface area contributed by atoms with Crippen LogP contribution in [0.5, 0.6) is 0 Å². The zero-order valence-corrected chi connectivity index (χ0v) is 15.6. The molecule has 1 atom stereocenters. The molecule has 2 aliphatic rings. The summed E-state index contributed by atoms with van der Waals surface area (Å²) in [5.41, 5.74) is 1.85. The molecule has 5 nitrogen and oxygen atoms in total. The molecule has 1 unspecified atom stereocenters. The van der Waals surface area contributed by atoms with Crippen LogP contribution in [0.2, 0.25) is 0 Å². The van der Waals surface area contributed by atoms with Crippen molar-refractivity contribution in [3.05, 3.63) is 35.4 Å². The summed E-state index contributed by atoms with van der Waals surface area (Å²) in [6, 6.07) is 7.94. The topological polar surface area (TPSA) is 61.4 Å². The Bertz CT molecular complexity index is 585. The Hall–Kier alpha value is -1.59. The maximum atomic E-state index is 12.7. The van der Waals surface area contributed by atoms with Gasteiger partial charge in [-0.2, -0.15) is 0 Å². The Kier molecular flexibility index (Phi) is 7.26. The van der Waals surface area contributed by atoms with Crippen LogP contribution in [0.4, 0.5) is 0 Å². The highest BCUT2D eigenvalue weighted by Gasteiger charge is 2.30. The molecule has 6 heteroatoms. The smallest absolute Gasteiger partial charge is 0.253 e. The van der Waals surface area contributed by atoms with E-state index in [1.165, 1.54) is 0 Å². The molecule has 2 fully saturated rings. The molecule has 3 rings (SSSR count). The summed E-state index contributed by atoms with van der Waals surface area (Å²) in [6.45, 7) is 5.21. The lowest BCUT2D eigenvalue weighted by atomic mass is 9.95. The molecule has 2 amide bonds. The number of halogens is 1. The van der Waals surface area contributed by atoms with Gasteiger partial charge in [-0.3, -0.25) is 9.59 Å². The Morgan fingerprint density at radius 3 is 2.48 bits per heavy atom. The van der Waals surface area contributed by atoms with Gasteiger partial charge < -0.3 is 15.5 Å². The first kappa shape index (κ1) is 19.7. The van der Waals surface area contributed by atoms with E-state index in [1.807, 2.05) is 36.1 Å². The van der Waals surface area contributed by atoms with Crippen LogP contribution in [0, 0.1) is 12.8 Å². The summed E-state index contributed by atoms with van der Waals surface area (Å²) < 4.78 is 0. The molecular formula is C19H28ClN3O2. The van der Waals surface area contributed by atoms with E-state index in [1.54, 1.807) is 0 Å². The predicted octanol–water partition coefficient (Wildman–Crippen LogP) is 2.14. The number of nitrogens with one attached hydrogen (secondary N) is 2. The first-order chi connectivity index (χ1) is 11.6. The first-order valence-corrected chi connectivity index (χ1v) is 9.00. The summed E-state index contributed by atoms with van der Waals surface area (Å²) in [6.07, 6.45) is 3.74. The zero-order chi connectivity index (χ0) is 16.9. The number of nitrogens with zero attached hydrogens (tertiary/aromatic N) is 1. The summed E-state index contributed by atoms with van der Waals surface area (Å²) in [5.74, 6) is 0.0701. The number of rotatable bonds is 3. The lowest BCUT2D eigenvalue weighted by Crippen LogP contribution is -2.49. The molecule has 0 saturated carbocycles. The van der Waals surface area contributed by atoms with Crippen LogP contribution >= 0.6 is 12.4 Å². The number of piperidine rings is 2. The van der Waals surface area contributed by atoms with Crippen molar-refractivity contribution in [2.24, 2.45) is 5.92 Å². The Labute approximate surface area is 155 Å². The number of benzene rings is 1. The van der Waals surface area contributed by atoms with Crippen molar-refractivity contribution in [1.82, 2.24) is 15.5 Å². The minimum atomic E-state index is -0.0805. The van der Waals surface area contributed by atoms with Crippen molar-refractivity contribution in [2.45, 2.75) is 38.6 Å². The van der Waals surface area contributed by atoms with E-state index in [4.69, 9.17) is 0 Å². The number of hydrogen-bond acceptors (Lipinski definition) is 3. The minimum absolute atomic E-state index is 0. The summed E-state index contributed by atoms with van der Waals surface area (Å²) in [5, 5.41) is 6.49. The summed E-state index contributed by atoms with van der Waals surface area (Å²) in [4.78, 5) is 27.0. The molecule has 0 spiro atoms. The molecule has 2 saturated heterocycles. The van der Waals surface area contributed by atoms with Gasteiger partial charge in [0.05, 0.1) is 5.92 Å². The fourth-order valence-corrected chi connectivity index (χ4v) is 3.54. The number of hydrogen-bond donors (Lipinski definition) is 2. The van der Waals surface area contributed by atoms with Crippen molar-refractivity contribution >= 4 is 24.2 Å². The van der Waals surface area contributed by atoms with E-state index in [0.717, 1.165) is 50.9 Å². The number of carbonyl (C=O) groups is 2. The van der Waals surface area contributed by atoms with Gasteiger partial charge in [0.15, 0.2) is 0 Å². The summed E-state index contributed by atoms with van der Waals surface area (Å²) >= 11 is 0. The molecule has 1 aromatic carbocycles. The third kappa shape index (κ3) is 5.19. The molecule has 0 bridgehead atoms. The minimum Gasteiger partial charge on any atom is -0.353 e. The van der Waals surface area contributed by atoms with Crippen molar-refractivity contribution in [2.75, 3.05) is 26.2 Å². The second kappa shape index (κ2) is 9.20. The molecule has 2 heterocycles. The van der Waals surface area contributed by atoms with Crippen molar-refractivity contribution in [1.29, 1.82) is 0 Å². The fourth-order valence-electron chi connectivity index (χ4n) is 3.54. The third-order valence-electron chi connectivity index (χ3n) is 5.06. The van der Waals surface area contributed by atoms with E-state index in [0.29, 0.717) is 12.1 Å². The average Bonchev–Trinajstić information content (AvgIpc) is 2.63. The van der Waals surface area contributed by atoms with E-state index in [9.17, 15) is 9.59 Å². The number of carbonyl (C=O) groups excluding carboxylic acids is 2. The van der Waals surface area contributed by atoms with Crippen LogP contribution in [0.25, 0.3) is 0 Å². The van der Waals surface area contributed by atoms with E-state index in [-0.39, 0.29) is 36.2 Å². The van der Waals surface area contributed by atoms with Gasteiger partial charge in [-0.25, -0.2) is 0 Å². The van der Waals surface area contributed by atoms with Crippen LogP contribution in [0.1, 0.15) is 41.6 Å². The van der Waals surface area contributed by atoms with Gasteiger partial charge >= 0.3 is 0 Å². The number of aryl methyl sites for hydroxylation is 1. The summed E-state index contributed by atoms with van der Waals surface area (Å²) in [7, 11) is 0. The monoisotopic (exact) mass is 365 g/mol. The Morgan fingerprint density at radius 2 is 1.80 bits per heavy atom. The highest BCUT2D eigenvalue weighted by molar-refractivity contribution is 5.94. The zero-order valence-electron chi connectivity index (χ0n) is 14.8. The molecule has 2 aliphatic heterocycles. The van der Waals surface area contributed by atoms with Crippen LogP contribution in [-0.2, 0) is 4.79 Å². The lowest BCUT2D eigenvalue weighted by molar-refractivity contribution is -0.127. The fraction of sp³-hybridized carbons (Fsp3) is 0.579. The first-order valence-electron chi connectivity index (χ1n) is 9.00. The van der Waals surface area contributed by atoms with Gasteiger partial charge in [-0.15, -0.1) is 12.4 Å². The van der Waals surface area contributed by atoms with Crippen LogP contribution in [0.3, 0.4) is 0 Å². The lowest BCUT2D eigenvalue weighted by Gasteiger charge is -2.33. The largest absolute Gasteiger partial charge is 0.353 e. The van der Waals surface area contributed by atoms with Crippen molar-refractivity contribution < 1.29 is 9.59 Å². The number of likely N-dealkylation sites (tertiary alicyclic amines) is 1. The highest BCUT2D eigenvalue weighted by atomic mass is 35.5. The van der Waals surface area contributed by atoms with Gasteiger partial charge in [0.2, 0.25) is 5.91 Å². The second-order valence-corrected chi connectivity index (χ2v) is 6.99. The van der Waals surface area contributed by atoms with Crippen LogP contribution in [0.15, 0.2) is 24.3 Å². The Morgan fingerprint density at radius 1 is 1.12 bits per heavy atom. The van der Waals surface area contributed by atoms with E-state index < -0.39 is 0 Å². The molecule has 0 aromatic heterocycles. The van der Waals surface area contributed by atoms with Gasteiger partial charge in [0.25, 0.3) is 5.91 Å². The molecule has 0 aliphatic carbocycles. The third-order valence-corrected chi connectivity index (χ3v) is 5.06. The van der Waals surface area contributed by atoms with Crippen LogP contribution < -0.4 is 10.6 Å². The van der Waals surface area contributed by atoms with Gasteiger partial charge in [0, 0.05) is 24.7 Å². The quantitative estimate of drug-likeness (QED) is 0.862. The maximum Gasteiger partial charge on any atom is 0.253 e. The molecule has 0 radical (unpaired) electrons. The van der Waals surface area contributed by atoms with Gasteiger partial charge in [-0.05, 0) is 57.8 Å². The normalized spacial score (nSPS) is 21.3. The molecule has 1 aromatic rings. The predicted molar refractivity (Wildman–Crippen MR) is 101 cm³/mol.